The smallest absolute Gasteiger partial charge is 0.321 e. The van der Waals surface area contributed by atoms with Crippen molar-refractivity contribution in [1.29, 1.82) is 0 Å². The Bertz CT molecular complexity index is 1210. The Morgan fingerprint density at radius 3 is 2.59 bits per heavy atom. The number of amides is 3. The minimum Gasteiger partial charge on any atom is -0.390 e. The molecule has 198 valence electrons. The largest absolute Gasteiger partial charge is 0.390 e. The lowest BCUT2D eigenvalue weighted by Gasteiger charge is -2.32. The minimum absolute atomic E-state index is 0.0110. The second-order valence-corrected chi connectivity index (χ2v) is 10.6. The van der Waals surface area contributed by atoms with Gasteiger partial charge in [-0.05, 0) is 42.7 Å². The summed E-state index contributed by atoms with van der Waals surface area (Å²) in [6, 6.07) is 4.76. The fourth-order valence-electron chi connectivity index (χ4n) is 5.74. The van der Waals surface area contributed by atoms with Crippen molar-refractivity contribution in [1.82, 2.24) is 24.8 Å². The van der Waals surface area contributed by atoms with Gasteiger partial charge in [0.2, 0.25) is 0 Å². The third-order valence-corrected chi connectivity index (χ3v) is 7.98. The van der Waals surface area contributed by atoms with E-state index in [1.807, 2.05) is 18.2 Å². The van der Waals surface area contributed by atoms with Gasteiger partial charge in [-0.15, -0.1) is 0 Å². The Balaban J connectivity index is 1.44. The molecule has 3 aromatic rings. The fourth-order valence-corrected chi connectivity index (χ4v) is 5.74. The molecule has 2 aliphatic rings. The lowest BCUT2D eigenvalue weighted by atomic mass is 9.77. The number of H-pyrrole nitrogens is 2. The number of primary amides is 1. The van der Waals surface area contributed by atoms with E-state index in [9.17, 15) is 19.8 Å². The van der Waals surface area contributed by atoms with Gasteiger partial charge in [0.25, 0.3) is 5.91 Å². The van der Waals surface area contributed by atoms with E-state index in [-0.39, 0.29) is 24.2 Å². The average Bonchev–Trinajstić information content (AvgIpc) is 3.43. The number of benzene rings is 1. The van der Waals surface area contributed by atoms with Crippen molar-refractivity contribution in [3.05, 3.63) is 47.8 Å². The lowest BCUT2D eigenvalue weighted by Crippen LogP contribution is -2.42. The van der Waals surface area contributed by atoms with Crippen molar-refractivity contribution in [2.45, 2.75) is 75.9 Å². The van der Waals surface area contributed by atoms with Gasteiger partial charge in [0.05, 0.1) is 35.3 Å². The van der Waals surface area contributed by atoms with Gasteiger partial charge in [0.1, 0.15) is 0 Å². The zero-order valence-electron chi connectivity index (χ0n) is 21.0. The summed E-state index contributed by atoms with van der Waals surface area (Å²) in [6.45, 7) is 0.0690. The predicted molar refractivity (Wildman–Crippen MR) is 138 cm³/mol. The highest BCUT2D eigenvalue weighted by molar-refractivity contribution is 6.03. The van der Waals surface area contributed by atoms with Crippen molar-refractivity contribution in [3.63, 3.8) is 0 Å². The molecule has 0 unspecified atom stereocenters. The molecular weight excluding hydrogens is 472 g/mol. The van der Waals surface area contributed by atoms with Crippen LogP contribution in [0.4, 0.5) is 4.79 Å². The predicted octanol–water partition coefficient (Wildman–Crippen LogP) is 3.24. The number of rotatable bonds is 10. The highest BCUT2D eigenvalue weighted by atomic mass is 16.3. The van der Waals surface area contributed by atoms with Gasteiger partial charge in [-0.1, -0.05) is 44.2 Å². The van der Waals surface area contributed by atoms with Crippen molar-refractivity contribution in [3.8, 4) is 0 Å². The Kier molecular flexibility index (Phi) is 7.57. The molecule has 1 aromatic carbocycles. The number of nitrogens with one attached hydrogen (secondary N) is 2. The number of aliphatic hydroxyl groups is 2. The van der Waals surface area contributed by atoms with Crippen LogP contribution in [0.5, 0.6) is 0 Å². The van der Waals surface area contributed by atoms with E-state index >= 15 is 0 Å². The first kappa shape index (κ1) is 25.4. The Hall–Kier alpha value is -3.24. The summed E-state index contributed by atoms with van der Waals surface area (Å²) in [5.74, 6) is -0.300. The van der Waals surface area contributed by atoms with Gasteiger partial charge in [-0.3, -0.25) is 9.69 Å². The standard InChI is InChI=1S/C27H36N6O4/c28-27(37)33(12-11-18-14-29-15-30-18)26(36)25-31-21-8-4-7-19(22(21)32-25)20(13-16-5-2-1-3-6-16)24(35)23(34)17-9-10-17/h4,7-8,14-17,20,23-24,34-35H,1-3,5-6,9-13H2,(H2,28,37)(H,29,30)(H,31,32)/t20-,23-,24+/m0/s1. The number of carbonyl (C=O) groups is 2. The molecule has 3 amide bonds. The molecule has 2 heterocycles. The van der Waals surface area contributed by atoms with Crippen LogP contribution in [0.15, 0.2) is 30.7 Å². The van der Waals surface area contributed by atoms with Crippen LogP contribution in [0.25, 0.3) is 11.0 Å². The maximum absolute atomic E-state index is 13.3. The van der Waals surface area contributed by atoms with E-state index in [0.29, 0.717) is 29.1 Å². The molecule has 0 aliphatic heterocycles. The van der Waals surface area contributed by atoms with Crippen molar-refractivity contribution >= 4 is 23.0 Å². The van der Waals surface area contributed by atoms with Crippen LogP contribution >= 0.6 is 0 Å². The average molecular weight is 509 g/mol. The van der Waals surface area contributed by atoms with Gasteiger partial charge in [-0.25, -0.2) is 14.8 Å². The first-order chi connectivity index (χ1) is 17.9. The molecule has 0 saturated heterocycles. The number of urea groups is 1. The third-order valence-electron chi connectivity index (χ3n) is 7.98. The van der Waals surface area contributed by atoms with Gasteiger partial charge >= 0.3 is 6.03 Å². The van der Waals surface area contributed by atoms with Gasteiger partial charge in [0.15, 0.2) is 5.82 Å². The van der Waals surface area contributed by atoms with Crippen molar-refractivity contribution < 1.29 is 19.8 Å². The van der Waals surface area contributed by atoms with Crippen molar-refractivity contribution in [2.75, 3.05) is 6.54 Å². The SMILES string of the molecule is NC(=O)N(CCc1c[nH]cn1)C(=O)c1nc2c([C@H](CC3CCCCC3)[C@@H](O)[C@@H](O)C3CC3)cccc2[nH]1. The van der Waals surface area contributed by atoms with E-state index < -0.39 is 24.1 Å². The summed E-state index contributed by atoms with van der Waals surface area (Å²) in [5.41, 5.74) is 8.27. The van der Waals surface area contributed by atoms with Crippen LogP contribution in [0.2, 0.25) is 0 Å². The van der Waals surface area contributed by atoms with E-state index in [1.54, 1.807) is 6.20 Å². The molecule has 10 heteroatoms. The second kappa shape index (κ2) is 11.0. The quantitative estimate of drug-likeness (QED) is 0.282. The number of aromatic amines is 2. The first-order valence-electron chi connectivity index (χ1n) is 13.4. The minimum atomic E-state index is -0.910. The van der Waals surface area contributed by atoms with Crippen LogP contribution in [-0.4, -0.2) is 65.7 Å². The molecule has 2 saturated carbocycles. The van der Waals surface area contributed by atoms with Crippen molar-refractivity contribution in [2.24, 2.45) is 17.6 Å². The number of hydrogen-bond acceptors (Lipinski definition) is 6. The number of carbonyl (C=O) groups excluding carboxylic acids is 2. The molecule has 2 fully saturated rings. The molecule has 2 aromatic heterocycles. The molecule has 0 bridgehead atoms. The number of aliphatic hydroxyl groups excluding tert-OH is 2. The zero-order chi connectivity index (χ0) is 25.9. The molecule has 37 heavy (non-hydrogen) atoms. The number of imide groups is 1. The summed E-state index contributed by atoms with van der Waals surface area (Å²) in [6.07, 6.45) is 10.4. The summed E-state index contributed by atoms with van der Waals surface area (Å²) >= 11 is 0. The van der Waals surface area contributed by atoms with E-state index in [4.69, 9.17) is 5.73 Å². The lowest BCUT2D eigenvalue weighted by molar-refractivity contribution is -0.0150. The van der Waals surface area contributed by atoms with Crippen LogP contribution in [-0.2, 0) is 6.42 Å². The van der Waals surface area contributed by atoms with Crippen LogP contribution in [0.3, 0.4) is 0 Å². The molecule has 0 radical (unpaired) electrons. The molecule has 10 nitrogen and oxygen atoms in total. The summed E-state index contributed by atoms with van der Waals surface area (Å²) in [7, 11) is 0. The number of hydrogen-bond donors (Lipinski definition) is 5. The summed E-state index contributed by atoms with van der Waals surface area (Å²) in [4.78, 5) is 41.0. The zero-order valence-corrected chi connectivity index (χ0v) is 21.0. The monoisotopic (exact) mass is 508 g/mol. The van der Waals surface area contributed by atoms with E-state index in [2.05, 4.69) is 19.9 Å². The maximum atomic E-state index is 13.3. The molecule has 2 aliphatic carbocycles. The topological polar surface area (TPSA) is 161 Å². The number of imidazole rings is 2. The van der Waals surface area contributed by atoms with Gasteiger partial charge in [-0.2, -0.15) is 0 Å². The number of nitrogens with two attached hydrogens (primary N) is 1. The van der Waals surface area contributed by atoms with Gasteiger partial charge < -0.3 is 25.9 Å². The number of aromatic nitrogens is 4. The Morgan fingerprint density at radius 1 is 1.14 bits per heavy atom. The Morgan fingerprint density at radius 2 is 1.92 bits per heavy atom. The van der Waals surface area contributed by atoms with E-state index in [0.717, 1.165) is 42.6 Å². The highest BCUT2D eigenvalue weighted by Gasteiger charge is 2.40. The molecule has 3 atom stereocenters. The number of fused-ring (bicyclic) bond motifs is 1. The van der Waals surface area contributed by atoms with Crippen LogP contribution in [0.1, 0.15) is 79.2 Å². The van der Waals surface area contributed by atoms with Crippen LogP contribution < -0.4 is 5.73 Å². The molecule has 6 N–H and O–H groups in total. The van der Waals surface area contributed by atoms with Gasteiger partial charge in [0, 0.05) is 25.1 Å². The van der Waals surface area contributed by atoms with Crippen LogP contribution in [0, 0.1) is 11.8 Å². The number of para-hydroxylation sites is 1. The summed E-state index contributed by atoms with van der Waals surface area (Å²) in [5, 5.41) is 22.2. The first-order valence-corrected chi connectivity index (χ1v) is 13.4. The maximum Gasteiger partial charge on any atom is 0.321 e. The third kappa shape index (κ3) is 5.70. The fraction of sp³-hybridized carbons (Fsp3) is 0.556. The summed E-state index contributed by atoms with van der Waals surface area (Å²) < 4.78 is 0. The molecule has 5 rings (SSSR count). The Labute approximate surface area is 215 Å². The van der Waals surface area contributed by atoms with E-state index in [1.165, 1.54) is 25.6 Å². The second-order valence-electron chi connectivity index (χ2n) is 10.6. The number of nitrogens with zero attached hydrogens (tertiary/aromatic N) is 3. The molecule has 0 spiro atoms. The normalized spacial score (nSPS) is 19.0. The molecular formula is C27H36N6O4. The highest BCUT2D eigenvalue weighted by Crippen LogP contribution is 2.42.